The molecule has 1 aromatic carbocycles. The van der Waals surface area contributed by atoms with Gasteiger partial charge in [-0.15, -0.1) is 0 Å². The third-order valence-electron chi connectivity index (χ3n) is 2.78. The summed E-state index contributed by atoms with van der Waals surface area (Å²) in [6, 6.07) is 11.4. The fourth-order valence-electron chi connectivity index (χ4n) is 2.04. The maximum absolute atomic E-state index is 11.4. The van der Waals surface area contributed by atoms with Crippen molar-refractivity contribution in [3.05, 3.63) is 35.9 Å². The second-order valence-electron chi connectivity index (χ2n) is 3.89. The van der Waals surface area contributed by atoms with Crippen molar-refractivity contribution in [2.45, 2.75) is 11.2 Å². The van der Waals surface area contributed by atoms with E-state index in [1.165, 1.54) is 6.26 Å². The predicted molar refractivity (Wildman–Crippen MR) is 56.9 cm³/mol. The SMILES string of the molecule is CS(=O)(=O)[C@H]1[C@H](C#N)[C@@H]1c1ccccc1. The maximum Gasteiger partial charge on any atom is 0.152 e. The Balaban J connectivity index is 2.32. The van der Waals surface area contributed by atoms with E-state index in [0.29, 0.717) is 0 Å². The van der Waals surface area contributed by atoms with Crippen molar-refractivity contribution in [1.29, 1.82) is 5.26 Å². The van der Waals surface area contributed by atoms with E-state index in [1.54, 1.807) is 0 Å². The van der Waals surface area contributed by atoms with Crippen LogP contribution in [-0.2, 0) is 9.84 Å². The third kappa shape index (κ3) is 1.75. The summed E-state index contributed by atoms with van der Waals surface area (Å²) >= 11 is 0. The van der Waals surface area contributed by atoms with Crippen LogP contribution in [0.5, 0.6) is 0 Å². The topological polar surface area (TPSA) is 57.9 Å². The van der Waals surface area contributed by atoms with E-state index >= 15 is 0 Å². The van der Waals surface area contributed by atoms with Gasteiger partial charge in [0.2, 0.25) is 0 Å². The van der Waals surface area contributed by atoms with Gasteiger partial charge in [0.15, 0.2) is 9.84 Å². The van der Waals surface area contributed by atoms with Gasteiger partial charge in [-0.05, 0) is 5.56 Å². The molecule has 3 nitrogen and oxygen atoms in total. The summed E-state index contributed by atoms with van der Waals surface area (Å²) in [6.07, 6.45) is 1.20. The number of benzene rings is 1. The highest BCUT2D eigenvalue weighted by molar-refractivity contribution is 7.91. The second-order valence-corrected chi connectivity index (χ2v) is 6.09. The molecule has 15 heavy (non-hydrogen) atoms. The first kappa shape index (κ1) is 10.2. The van der Waals surface area contributed by atoms with Crippen molar-refractivity contribution in [2.24, 2.45) is 5.92 Å². The summed E-state index contributed by atoms with van der Waals surface area (Å²) in [7, 11) is -3.11. The molecule has 2 rings (SSSR count). The van der Waals surface area contributed by atoms with E-state index < -0.39 is 15.1 Å². The zero-order chi connectivity index (χ0) is 11.1. The van der Waals surface area contributed by atoms with Crippen molar-refractivity contribution >= 4 is 9.84 Å². The molecule has 1 fully saturated rings. The average molecular weight is 221 g/mol. The lowest BCUT2D eigenvalue weighted by atomic mass is 10.1. The first-order valence-electron chi connectivity index (χ1n) is 4.69. The average Bonchev–Trinajstić information content (AvgIpc) is 2.92. The van der Waals surface area contributed by atoms with Gasteiger partial charge in [-0.2, -0.15) is 5.26 Å². The molecule has 0 aliphatic heterocycles. The lowest BCUT2D eigenvalue weighted by Gasteiger charge is -1.97. The van der Waals surface area contributed by atoms with Crippen LogP contribution in [0.2, 0.25) is 0 Å². The number of hydrogen-bond donors (Lipinski definition) is 0. The van der Waals surface area contributed by atoms with Crippen molar-refractivity contribution in [3.8, 4) is 6.07 Å². The maximum atomic E-state index is 11.4. The molecule has 4 heteroatoms. The van der Waals surface area contributed by atoms with Gasteiger partial charge in [-0.3, -0.25) is 0 Å². The number of sulfone groups is 1. The third-order valence-corrected chi connectivity index (χ3v) is 4.36. The van der Waals surface area contributed by atoms with Crippen molar-refractivity contribution in [2.75, 3.05) is 6.26 Å². The second kappa shape index (κ2) is 3.35. The van der Waals surface area contributed by atoms with E-state index in [2.05, 4.69) is 6.07 Å². The van der Waals surface area contributed by atoms with Crippen LogP contribution in [0.1, 0.15) is 11.5 Å². The van der Waals surface area contributed by atoms with Crippen LogP contribution < -0.4 is 0 Å². The number of nitriles is 1. The molecule has 0 N–H and O–H groups in total. The molecule has 0 aromatic heterocycles. The molecule has 0 spiro atoms. The Morgan fingerprint density at radius 3 is 2.27 bits per heavy atom. The molecule has 1 aliphatic carbocycles. The van der Waals surface area contributed by atoms with Crippen LogP contribution >= 0.6 is 0 Å². The van der Waals surface area contributed by atoms with Crippen molar-refractivity contribution < 1.29 is 8.42 Å². The molecule has 1 aliphatic rings. The molecule has 1 aromatic rings. The van der Waals surface area contributed by atoms with Crippen LogP contribution in [0.4, 0.5) is 0 Å². The van der Waals surface area contributed by atoms with Gasteiger partial charge in [0.05, 0.1) is 17.2 Å². The van der Waals surface area contributed by atoms with Crippen molar-refractivity contribution in [3.63, 3.8) is 0 Å². The highest BCUT2D eigenvalue weighted by Crippen LogP contribution is 2.51. The Bertz CT molecular complexity index is 501. The molecule has 0 heterocycles. The monoisotopic (exact) mass is 221 g/mol. The minimum Gasteiger partial charge on any atom is -0.229 e. The number of nitrogens with zero attached hydrogens (tertiary/aromatic N) is 1. The van der Waals surface area contributed by atoms with Crippen LogP contribution in [0.25, 0.3) is 0 Å². The van der Waals surface area contributed by atoms with E-state index in [-0.39, 0.29) is 11.8 Å². The van der Waals surface area contributed by atoms with Gasteiger partial charge in [0.1, 0.15) is 0 Å². The first-order chi connectivity index (χ1) is 7.05. The minimum absolute atomic E-state index is 0.133. The molecule has 0 unspecified atom stereocenters. The smallest absolute Gasteiger partial charge is 0.152 e. The minimum atomic E-state index is -3.11. The molecule has 0 saturated heterocycles. The molecule has 0 radical (unpaired) electrons. The Hall–Kier alpha value is -1.34. The zero-order valence-corrected chi connectivity index (χ0v) is 9.11. The molecule has 78 valence electrons. The van der Waals surface area contributed by atoms with Gasteiger partial charge >= 0.3 is 0 Å². The highest BCUT2D eigenvalue weighted by Gasteiger charge is 2.57. The standard InChI is InChI=1S/C11H11NO2S/c1-15(13,14)11-9(7-12)10(11)8-5-3-2-4-6-8/h2-6,9-11H,1H3/t9-,10+,11+/m1/s1. The van der Waals surface area contributed by atoms with E-state index in [0.717, 1.165) is 5.56 Å². The summed E-state index contributed by atoms with van der Waals surface area (Å²) in [5.41, 5.74) is 0.944. The highest BCUT2D eigenvalue weighted by atomic mass is 32.2. The fourth-order valence-corrected chi connectivity index (χ4v) is 3.57. The quantitative estimate of drug-likeness (QED) is 0.757. The summed E-state index contributed by atoms with van der Waals surface area (Å²) in [5, 5.41) is 8.35. The normalized spacial score (nSPS) is 29.5. The summed E-state index contributed by atoms with van der Waals surface area (Å²) < 4.78 is 22.8. The van der Waals surface area contributed by atoms with Crippen LogP contribution in [-0.4, -0.2) is 19.9 Å². The predicted octanol–water partition coefficient (Wildman–Crippen LogP) is 1.34. The van der Waals surface area contributed by atoms with Crippen LogP contribution in [0.15, 0.2) is 30.3 Å². The van der Waals surface area contributed by atoms with Gasteiger partial charge in [0.25, 0.3) is 0 Å². The van der Waals surface area contributed by atoms with Gasteiger partial charge in [0, 0.05) is 12.2 Å². The summed E-state index contributed by atoms with van der Waals surface area (Å²) in [5.74, 6) is -0.506. The number of hydrogen-bond acceptors (Lipinski definition) is 3. The molecule has 0 bridgehead atoms. The first-order valence-corrected chi connectivity index (χ1v) is 6.64. The Kier molecular flexibility index (Phi) is 2.28. The lowest BCUT2D eigenvalue weighted by molar-refractivity contribution is 0.599. The van der Waals surface area contributed by atoms with Gasteiger partial charge < -0.3 is 0 Å². The Morgan fingerprint density at radius 2 is 1.87 bits per heavy atom. The summed E-state index contributed by atoms with van der Waals surface area (Å²) in [4.78, 5) is 0. The zero-order valence-electron chi connectivity index (χ0n) is 8.29. The number of rotatable bonds is 2. The largest absolute Gasteiger partial charge is 0.229 e. The van der Waals surface area contributed by atoms with Crippen LogP contribution in [0, 0.1) is 17.2 Å². The van der Waals surface area contributed by atoms with Gasteiger partial charge in [-0.1, -0.05) is 30.3 Å². The Morgan fingerprint density at radius 1 is 1.27 bits per heavy atom. The van der Waals surface area contributed by atoms with E-state index in [9.17, 15) is 8.42 Å². The summed E-state index contributed by atoms with van der Waals surface area (Å²) in [6.45, 7) is 0. The lowest BCUT2D eigenvalue weighted by Crippen LogP contribution is -2.06. The molecule has 0 amide bonds. The molecule has 3 atom stereocenters. The van der Waals surface area contributed by atoms with E-state index in [1.807, 2.05) is 30.3 Å². The fraction of sp³-hybridized carbons (Fsp3) is 0.364. The van der Waals surface area contributed by atoms with Crippen molar-refractivity contribution in [1.82, 2.24) is 0 Å². The Labute approximate surface area is 89.3 Å². The molecular weight excluding hydrogens is 210 g/mol. The molecular formula is C11H11NO2S. The van der Waals surface area contributed by atoms with Crippen LogP contribution in [0.3, 0.4) is 0 Å². The molecule has 1 saturated carbocycles. The van der Waals surface area contributed by atoms with E-state index in [4.69, 9.17) is 5.26 Å². The van der Waals surface area contributed by atoms with Gasteiger partial charge in [-0.25, -0.2) is 8.42 Å².